The van der Waals surface area contributed by atoms with Crippen LogP contribution in [0, 0.1) is 0 Å². The van der Waals surface area contributed by atoms with Crippen molar-refractivity contribution in [1.82, 2.24) is 5.32 Å². The maximum absolute atomic E-state index is 11.5. The van der Waals surface area contributed by atoms with Crippen LogP contribution in [0.15, 0.2) is 24.3 Å². The SMILES string of the molecule is C[C@@H](COc1ccc(CO)cc1)NC(=O)OC(C)(C)C. The van der Waals surface area contributed by atoms with Crippen LogP contribution < -0.4 is 10.1 Å². The molecule has 0 aliphatic carbocycles. The molecule has 0 saturated carbocycles. The van der Waals surface area contributed by atoms with Crippen LogP contribution in [-0.4, -0.2) is 29.4 Å². The molecule has 20 heavy (non-hydrogen) atoms. The summed E-state index contributed by atoms with van der Waals surface area (Å²) in [5, 5.41) is 11.6. The first-order chi connectivity index (χ1) is 9.30. The van der Waals surface area contributed by atoms with E-state index in [1.54, 1.807) is 24.3 Å². The van der Waals surface area contributed by atoms with Crippen LogP contribution in [0.25, 0.3) is 0 Å². The first-order valence-electron chi connectivity index (χ1n) is 6.62. The van der Waals surface area contributed by atoms with Crippen LogP contribution >= 0.6 is 0 Å². The second-order valence-electron chi connectivity index (χ2n) is 5.66. The second-order valence-corrected chi connectivity index (χ2v) is 5.66. The Labute approximate surface area is 119 Å². The molecule has 0 aliphatic heterocycles. The van der Waals surface area contributed by atoms with Gasteiger partial charge in [-0.3, -0.25) is 0 Å². The van der Waals surface area contributed by atoms with Gasteiger partial charge in [-0.2, -0.15) is 0 Å². The van der Waals surface area contributed by atoms with E-state index in [1.165, 1.54) is 0 Å². The molecule has 0 radical (unpaired) electrons. The van der Waals surface area contributed by atoms with Crippen molar-refractivity contribution in [2.75, 3.05) is 6.61 Å². The van der Waals surface area contributed by atoms with Gasteiger partial charge in [-0.15, -0.1) is 0 Å². The molecule has 1 aromatic rings. The van der Waals surface area contributed by atoms with Crippen molar-refractivity contribution in [3.63, 3.8) is 0 Å². The number of benzene rings is 1. The van der Waals surface area contributed by atoms with Crippen molar-refractivity contribution >= 4 is 6.09 Å². The Kier molecular flexibility index (Phi) is 5.82. The van der Waals surface area contributed by atoms with E-state index in [4.69, 9.17) is 14.6 Å². The average Bonchev–Trinajstić information content (AvgIpc) is 2.34. The zero-order valence-corrected chi connectivity index (χ0v) is 12.5. The molecular formula is C15H23NO4. The molecule has 1 aromatic carbocycles. The predicted molar refractivity (Wildman–Crippen MR) is 76.7 cm³/mol. The molecule has 5 heteroatoms. The fraction of sp³-hybridized carbons (Fsp3) is 0.533. The van der Waals surface area contributed by atoms with Crippen molar-refractivity contribution in [2.24, 2.45) is 0 Å². The van der Waals surface area contributed by atoms with Gasteiger partial charge in [0.2, 0.25) is 0 Å². The molecule has 0 bridgehead atoms. The van der Waals surface area contributed by atoms with Crippen LogP contribution in [0.3, 0.4) is 0 Å². The molecular weight excluding hydrogens is 258 g/mol. The van der Waals surface area contributed by atoms with E-state index in [9.17, 15) is 4.79 Å². The van der Waals surface area contributed by atoms with Crippen LogP contribution in [0.2, 0.25) is 0 Å². The highest BCUT2D eigenvalue weighted by Gasteiger charge is 2.17. The third-order valence-electron chi connectivity index (χ3n) is 2.37. The zero-order chi connectivity index (χ0) is 15.2. The molecule has 0 heterocycles. The fourth-order valence-electron chi connectivity index (χ4n) is 1.46. The quantitative estimate of drug-likeness (QED) is 0.870. The standard InChI is InChI=1S/C15H23NO4/c1-11(16-14(18)20-15(2,3)4)10-19-13-7-5-12(9-17)6-8-13/h5-8,11,17H,9-10H2,1-4H3,(H,16,18)/t11-/m0/s1. The lowest BCUT2D eigenvalue weighted by molar-refractivity contribution is 0.0494. The average molecular weight is 281 g/mol. The number of amides is 1. The molecule has 2 N–H and O–H groups in total. The molecule has 5 nitrogen and oxygen atoms in total. The number of carbonyl (C=O) groups excluding carboxylic acids is 1. The Balaban J connectivity index is 2.35. The normalized spacial score (nSPS) is 12.7. The first kappa shape index (κ1) is 16.3. The minimum atomic E-state index is -0.509. The van der Waals surface area contributed by atoms with E-state index in [-0.39, 0.29) is 12.6 Å². The van der Waals surface area contributed by atoms with Crippen molar-refractivity contribution < 1.29 is 19.4 Å². The van der Waals surface area contributed by atoms with Crippen molar-refractivity contribution in [1.29, 1.82) is 0 Å². The van der Waals surface area contributed by atoms with Gasteiger partial charge in [0.05, 0.1) is 12.6 Å². The Hall–Kier alpha value is -1.75. The summed E-state index contributed by atoms with van der Waals surface area (Å²) < 4.78 is 10.7. The number of hydrogen-bond donors (Lipinski definition) is 2. The van der Waals surface area contributed by atoms with Gasteiger partial charge in [0.1, 0.15) is 18.0 Å². The predicted octanol–water partition coefficient (Wildman–Crippen LogP) is 2.47. The topological polar surface area (TPSA) is 67.8 Å². The lowest BCUT2D eigenvalue weighted by Gasteiger charge is -2.22. The van der Waals surface area contributed by atoms with E-state index in [1.807, 2.05) is 27.7 Å². The summed E-state index contributed by atoms with van der Waals surface area (Å²) >= 11 is 0. The highest BCUT2D eigenvalue weighted by atomic mass is 16.6. The Bertz CT molecular complexity index is 422. The number of aliphatic hydroxyl groups is 1. The van der Waals surface area contributed by atoms with Crippen LogP contribution in [0.5, 0.6) is 5.75 Å². The van der Waals surface area contributed by atoms with Gasteiger partial charge in [-0.05, 0) is 45.4 Å². The van der Waals surface area contributed by atoms with E-state index in [0.717, 1.165) is 5.56 Å². The summed E-state index contributed by atoms with van der Waals surface area (Å²) in [5.41, 5.74) is 0.322. The smallest absolute Gasteiger partial charge is 0.407 e. The largest absolute Gasteiger partial charge is 0.491 e. The first-order valence-corrected chi connectivity index (χ1v) is 6.62. The highest BCUT2D eigenvalue weighted by Crippen LogP contribution is 2.12. The van der Waals surface area contributed by atoms with Gasteiger partial charge in [0.25, 0.3) is 0 Å². The number of ether oxygens (including phenoxy) is 2. The number of alkyl carbamates (subject to hydrolysis) is 1. The summed E-state index contributed by atoms with van der Waals surface area (Å²) in [6, 6.07) is 6.99. The van der Waals surface area contributed by atoms with Gasteiger partial charge in [0, 0.05) is 0 Å². The van der Waals surface area contributed by atoms with Crippen LogP contribution in [0.4, 0.5) is 4.79 Å². The second kappa shape index (κ2) is 7.14. The van der Waals surface area contributed by atoms with Crippen LogP contribution in [0.1, 0.15) is 33.3 Å². The van der Waals surface area contributed by atoms with Gasteiger partial charge >= 0.3 is 6.09 Å². The molecule has 112 valence electrons. The minimum absolute atomic E-state index is 0.0108. The maximum Gasteiger partial charge on any atom is 0.407 e. The molecule has 1 atom stereocenters. The van der Waals surface area contributed by atoms with E-state index in [2.05, 4.69) is 5.32 Å². The molecule has 1 rings (SSSR count). The van der Waals surface area contributed by atoms with E-state index >= 15 is 0 Å². The lowest BCUT2D eigenvalue weighted by Crippen LogP contribution is -2.40. The molecule has 0 spiro atoms. The lowest BCUT2D eigenvalue weighted by atomic mass is 10.2. The summed E-state index contributed by atoms with van der Waals surface area (Å²) in [5.74, 6) is 0.694. The van der Waals surface area contributed by atoms with Gasteiger partial charge in [-0.1, -0.05) is 12.1 Å². The highest BCUT2D eigenvalue weighted by molar-refractivity contribution is 5.68. The Morgan fingerprint density at radius 1 is 1.30 bits per heavy atom. The molecule has 0 saturated heterocycles. The molecule has 0 unspecified atom stereocenters. The van der Waals surface area contributed by atoms with Crippen molar-refractivity contribution in [2.45, 2.75) is 45.9 Å². The maximum atomic E-state index is 11.5. The van der Waals surface area contributed by atoms with Crippen molar-refractivity contribution in [3.05, 3.63) is 29.8 Å². The number of aliphatic hydroxyl groups excluding tert-OH is 1. The summed E-state index contributed by atoms with van der Waals surface area (Å²) in [6.45, 7) is 7.64. The molecule has 1 amide bonds. The number of rotatable bonds is 5. The third kappa shape index (κ3) is 6.43. The summed E-state index contributed by atoms with van der Waals surface area (Å²) in [6.07, 6.45) is -0.454. The van der Waals surface area contributed by atoms with E-state index in [0.29, 0.717) is 12.4 Å². The fourth-order valence-corrected chi connectivity index (χ4v) is 1.46. The summed E-state index contributed by atoms with van der Waals surface area (Å²) in [7, 11) is 0. The summed E-state index contributed by atoms with van der Waals surface area (Å²) in [4.78, 5) is 11.5. The Morgan fingerprint density at radius 2 is 1.90 bits per heavy atom. The number of hydrogen-bond acceptors (Lipinski definition) is 4. The van der Waals surface area contributed by atoms with Crippen molar-refractivity contribution in [3.8, 4) is 5.75 Å². The van der Waals surface area contributed by atoms with E-state index < -0.39 is 11.7 Å². The Morgan fingerprint density at radius 3 is 2.40 bits per heavy atom. The molecule has 0 aromatic heterocycles. The van der Waals surface area contributed by atoms with Crippen LogP contribution in [-0.2, 0) is 11.3 Å². The third-order valence-corrected chi connectivity index (χ3v) is 2.37. The van der Waals surface area contributed by atoms with Gasteiger partial charge in [0.15, 0.2) is 0 Å². The molecule has 0 fully saturated rings. The van der Waals surface area contributed by atoms with Gasteiger partial charge in [-0.25, -0.2) is 4.79 Å². The number of nitrogens with one attached hydrogen (secondary N) is 1. The number of carbonyl (C=O) groups is 1. The monoisotopic (exact) mass is 281 g/mol. The van der Waals surface area contributed by atoms with Gasteiger partial charge < -0.3 is 19.9 Å². The molecule has 0 aliphatic rings. The zero-order valence-electron chi connectivity index (χ0n) is 12.5. The minimum Gasteiger partial charge on any atom is -0.491 e.